The van der Waals surface area contributed by atoms with Crippen molar-refractivity contribution in [3.8, 4) is 11.1 Å². The van der Waals surface area contributed by atoms with E-state index in [1.165, 1.54) is 33.0 Å². The second-order valence-corrected chi connectivity index (χ2v) is 12.7. The van der Waals surface area contributed by atoms with E-state index < -0.39 is 5.41 Å². The quantitative estimate of drug-likeness (QED) is 0.183. The molecule has 1 unspecified atom stereocenters. The summed E-state index contributed by atoms with van der Waals surface area (Å²) in [5.74, 6) is 0. The molecule has 2 aromatic heterocycles. The predicted molar refractivity (Wildman–Crippen MR) is 179 cm³/mol. The molecule has 42 heavy (non-hydrogen) atoms. The second kappa shape index (κ2) is 8.87. The molecule has 0 N–H and O–H groups in total. The van der Waals surface area contributed by atoms with Gasteiger partial charge in [-0.15, -0.1) is 0 Å². The first-order valence-electron chi connectivity index (χ1n) is 13.9. The molecular formula is C38H21Br2NO. The smallest absolute Gasteiger partial charge is 0.144 e. The lowest BCUT2D eigenvalue weighted by Crippen LogP contribution is -2.28. The number of halogens is 2. The van der Waals surface area contributed by atoms with Crippen LogP contribution in [0.3, 0.4) is 0 Å². The number of pyridine rings is 1. The van der Waals surface area contributed by atoms with Gasteiger partial charge in [-0.2, -0.15) is 0 Å². The van der Waals surface area contributed by atoms with Crippen LogP contribution in [0.5, 0.6) is 0 Å². The Hall–Kier alpha value is -4.25. The van der Waals surface area contributed by atoms with E-state index in [9.17, 15) is 0 Å². The van der Waals surface area contributed by atoms with Crippen LogP contribution in [0.4, 0.5) is 0 Å². The zero-order valence-electron chi connectivity index (χ0n) is 22.2. The third-order valence-electron chi connectivity index (χ3n) is 8.89. The Balaban J connectivity index is 1.56. The van der Waals surface area contributed by atoms with E-state index in [0.29, 0.717) is 0 Å². The zero-order valence-corrected chi connectivity index (χ0v) is 25.4. The Morgan fingerprint density at radius 1 is 0.571 bits per heavy atom. The molecule has 0 saturated carbocycles. The fourth-order valence-corrected chi connectivity index (χ4v) is 8.36. The summed E-state index contributed by atoms with van der Waals surface area (Å²) in [6, 6.07) is 43.4. The molecule has 0 amide bonds. The second-order valence-electron chi connectivity index (χ2n) is 10.9. The summed E-state index contributed by atoms with van der Waals surface area (Å²) in [4.78, 5) is 5.02. The lowest BCUT2D eigenvalue weighted by atomic mass is 9.67. The van der Waals surface area contributed by atoms with Gasteiger partial charge in [0.15, 0.2) is 0 Å². The van der Waals surface area contributed by atoms with E-state index in [4.69, 9.17) is 9.40 Å². The Kier molecular flexibility index (Phi) is 5.15. The van der Waals surface area contributed by atoms with Gasteiger partial charge in [0.05, 0.1) is 10.9 Å². The first kappa shape index (κ1) is 24.4. The Morgan fingerprint density at radius 3 is 2.17 bits per heavy atom. The number of rotatable bonds is 2. The van der Waals surface area contributed by atoms with Gasteiger partial charge in [-0.3, -0.25) is 4.98 Å². The zero-order chi connectivity index (χ0) is 28.0. The van der Waals surface area contributed by atoms with Crippen LogP contribution < -0.4 is 0 Å². The van der Waals surface area contributed by atoms with E-state index in [-0.39, 0.29) is 0 Å². The highest BCUT2D eigenvalue weighted by Gasteiger charge is 2.49. The Bertz CT molecular complexity index is 2390. The van der Waals surface area contributed by atoms with E-state index in [2.05, 4.69) is 141 Å². The molecule has 0 saturated heterocycles. The number of hydrogen-bond donors (Lipinski definition) is 0. The monoisotopic (exact) mass is 665 g/mol. The highest BCUT2D eigenvalue weighted by Crippen LogP contribution is 2.61. The van der Waals surface area contributed by atoms with E-state index in [1.54, 1.807) is 0 Å². The molecule has 1 aliphatic carbocycles. The van der Waals surface area contributed by atoms with Gasteiger partial charge < -0.3 is 4.42 Å². The Labute approximate surface area is 258 Å². The molecule has 0 fully saturated rings. The molecule has 2 heterocycles. The molecule has 9 rings (SSSR count). The first-order chi connectivity index (χ1) is 20.7. The van der Waals surface area contributed by atoms with Gasteiger partial charge >= 0.3 is 0 Å². The maximum absolute atomic E-state index is 6.78. The van der Waals surface area contributed by atoms with Crippen molar-refractivity contribution in [3.05, 3.63) is 159 Å². The maximum Gasteiger partial charge on any atom is 0.144 e. The molecule has 2 nitrogen and oxygen atoms in total. The normalized spacial score (nSPS) is 16.0. The minimum atomic E-state index is -0.611. The van der Waals surface area contributed by atoms with Gasteiger partial charge in [0, 0.05) is 42.4 Å². The van der Waals surface area contributed by atoms with Crippen LogP contribution in [-0.4, -0.2) is 4.98 Å². The number of aromatic nitrogens is 1. The van der Waals surface area contributed by atoms with Crippen LogP contribution >= 0.6 is 31.9 Å². The summed E-state index contributed by atoms with van der Waals surface area (Å²) >= 11 is 7.96. The minimum Gasteiger partial charge on any atom is -0.455 e. The topological polar surface area (TPSA) is 26.0 Å². The molecule has 8 aromatic rings. The lowest BCUT2D eigenvalue weighted by molar-refractivity contribution is 0.668. The van der Waals surface area contributed by atoms with E-state index in [1.807, 2.05) is 18.3 Å². The summed E-state index contributed by atoms with van der Waals surface area (Å²) in [6.07, 6.45) is 1.89. The SMILES string of the molecule is Brc1cc2c(c3ncccc13)-c1c(cc(Br)c3c1oc1ccccc13)C2(c1ccccc1)c1ccc2ccccc2c1. The van der Waals surface area contributed by atoms with E-state index >= 15 is 0 Å². The van der Waals surface area contributed by atoms with Gasteiger partial charge in [0.25, 0.3) is 0 Å². The average molecular weight is 667 g/mol. The fourth-order valence-electron chi connectivity index (χ4n) is 7.19. The molecule has 0 bridgehead atoms. The minimum absolute atomic E-state index is 0.611. The standard InChI is InChI=1S/C38H21Br2NO/c39-30-20-28-34(36-26(30)14-8-18-41-36)35-29(21-31(40)33-27-13-6-7-15-32(27)42-37(33)35)38(28,24-11-2-1-3-12-24)25-17-16-22-9-4-5-10-23(22)19-25/h1-21H. The number of nitrogens with zero attached hydrogens (tertiary/aromatic N) is 1. The largest absolute Gasteiger partial charge is 0.455 e. The molecular weight excluding hydrogens is 646 g/mol. The summed E-state index contributed by atoms with van der Waals surface area (Å²) < 4.78 is 8.82. The van der Waals surface area contributed by atoms with Crippen LogP contribution in [0.25, 0.3) is 54.7 Å². The van der Waals surface area contributed by atoms with Gasteiger partial charge in [-0.25, -0.2) is 0 Å². The van der Waals surface area contributed by atoms with E-state index in [0.717, 1.165) is 52.9 Å². The molecule has 0 radical (unpaired) electrons. The van der Waals surface area contributed by atoms with Crippen molar-refractivity contribution < 1.29 is 4.42 Å². The summed E-state index contributed by atoms with van der Waals surface area (Å²) in [7, 11) is 0. The number of fused-ring (bicyclic) bond motifs is 10. The van der Waals surface area contributed by atoms with Gasteiger partial charge in [-0.1, -0.05) is 123 Å². The van der Waals surface area contributed by atoms with Gasteiger partial charge in [0.2, 0.25) is 0 Å². The molecule has 4 heteroatoms. The molecule has 0 spiro atoms. The van der Waals surface area contributed by atoms with Crippen molar-refractivity contribution in [1.82, 2.24) is 4.98 Å². The molecule has 6 aromatic carbocycles. The van der Waals surface area contributed by atoms with Crippen molar-refractivity contribution in [1.29, 1.82) is 0 Å². The predicted octanol–water partition coefficient (Wildman–Crippen LogP) is 11.2. The van der Waals surface area contributed by atoms with Crippen molar-refractivity contribution in [2.45, 2.75) is 5.41 Å². The maximum atomic E-state index is 6.78. The number of furan rings is 1. The van der Waals surface area contributed by atoms with Gasteiger partial charge in [-0.05, 0) is 63.4 Å². The number of hydrogen-bond acceptors (Lipinski definition) is 2. The molecule has 1 atom stereocenters. The molecule has 1 aliphatic rings. The van der Waals surface area contributed by atoms with Gasteiger partial charge in [0.1, 0.15) is 11.2 Å². The number of benzene rings is 6. The van der Waals surface area contributed by atoms with Crippen molar-refractivity contribution in [2.75, 3.05) is 0 Å². The average Bonchev–Trinajstić information content (AvgIpc) is 3.56. The van der Waals surface area contributed by atoms with Crippen LogP contribution in [0.2, 0.25) is 0 Å². The third-order valence-corrected chi connectivity index (χ3v) is 10.2. The summed E-state index contributed by atoms with van der Waals surface area (Å²) in [5.41, 5.74) is 9.12. The summed E-state index contributed by atoms with van der Waals surface area (Å²) in [5, 5.41) is 5.70. The first-order valence-corrected chi connectivity index (χ1v) is 15.5. The van der Waals surface area contributed by atoms with Crippen LogP contribution in [0.15, 0.2) is 141 Å². The Morgan fingerprint density at radius 2 is 1.29 bits per heavy atom. The van der Waals surface area contributed by atoms with Crippen LogP contribution in [0, 0.1) is 0 Å². The van der Waals surface area contributed by atoms with Crippen LogP contribution in [0.1, 0.15) is 22.3 Å². The van der Waals surface area contributed by atoms with Crippen molar-refractivity contribution in [3.63, 3.8) is 0 Å². The molecule has 198 valence electrons. The fraction of sp³-hybridized carbons (Fsp3) is 0.0263. The highest BCUT2D eigenvalue weighted by atomic mass is 79.9. The van der Waals surface area contributed by atoms with Crippen LogP contribution in [-0.2, 0) is 5.41 Å². The lowest BCUT2D eigenvalue weighted by Gasteiger charge is -2.34. The summed E-state index contributed by atoms with van der Waals surface area (Å²) in [6.45, 7) is 0. The molecule has 0 aliphatic heterocycles. The third kappa shape index (κ3) is 3.11. The number of para-hydroxylation sites is 1. The van der Waals surface area contributed by atoms with Crippen molar-refractivity contribution >= 4 is 75.5 Å². The highest BCUT2D eigenvalue weighted by molar-refractivity contribution is 9.11. The van der Waals surface area contributed by atoms with Crippen molar-refractivity contribution in [2.24, 2.45) is 0 Å².